The van der Waals surface area contributed by atoms with Gasteiger partial charge in [0, 0.05) is 12.1 Å². The second kappa shape index (κ2) is 4.12. The number of rotatable bonds is 2. The van der Waals surface area contributed by atoms with Crippen molar-refractivity contribution in [3.05, 3.63) is 23.9 Å². The van der Waals surface area contributed by atoms with Gasteiger partial charge >= 0.3 is 5.97 Å². The van der Waals surface area contributed by atoms with Crippen LogP contribution in [-0.4, -0.2) is 28.1 Å². The largest absolute Gasteiger partial charge is 0.477 e. The van der Waals surface area contributed by atoms with Crippen LogP contribution in [0.15, 0.2) is 18.2 Å². The third-order valence-corrected chi connectivity index (χ3v) is 3.17. The smallest absolute Gasteiger partial charge is 0.354 e. The Morgan fingerprint density at radius 1 is 1.38 bits per heavy atom. The van der Waals surface area contributed by atoms with E-state index in [-0.39, 0.29) is 5.69 Å². The number of aromatic carboxylic acids is 1. The van der Waals surface area contributed by atoms with Gasteiger partial charge in [0.2, 0.25) is 0 Å². The fourth-order valence-electron chi connectivity index (χ4n) is 2.33. The first-order valence-corrected chi connectivity index (χ1v) is 5.58. The second-order valence-corrected chi connectivity index (χ2v) is 4.37. The predicted molar refractivity (Wildman–Crippen MR) is 61.8 cm³/mol. The minimum Gasteiger partial charge on any atom is -0.477 e. The summed E-state index contributed by atoms with van der Waals surface area (Å²) in [5, 5.41) is 8.90. The quantitative estimate of drug-likeness (QED) is 0.829. The van der Waals surface area contributed by atoms with Gasteiger partial charge in [-0.2, -0.15) is 0 Å². The summed E-state index contributed by atoms with van der Waals surface area (Å²) < 4.78 is 0. The molecular weight excluding hydrogens is 204 g/mol. The van der Waals surface area contributed by atoms with Crippen molar-refractivity contribution in [3.8, 4) is 0 Å². The van der Waals surface area contributed by atoms with Crippen LogP contribution in [0.4, 0.5) is 5.82 Å². The number of nitrogens with zero attached hydrogens (tertiary/aromatic N) is 2. The SMILES string of the molecule is CC1CCC(C)N1c1cccc(C(=O)O)n1. The van der Waals surface area contributed by atoms with E-state index in [0.717, 1.165) is 18.7 Å². The van der Waals surface area contributed by atoms with Crippen LogP contribution in [0.1, 0.15) is 37.2 Å². The van der Waals surface area contributed by atoms with Gasteiger partial charge in [-0.1, -0.05) is 6.07 Å². The van der Waals surface area contributed by atoms with E-state index in [9.17, 15) is 4.79 Å². The maximum Gasteiger partial charge on any atom is 0.354 e. The van der Waals surface area contributed by atoms with E-state index in [4.69, 9.17) is 5.11 Å². The molecular formula is C12H16N2O2. The Hall–Kier alpha value is -1.58. The van der Waals surface area contributed by atoms with Crippen LogP contribution >= 0.6 is 0 Å². The molecule has 1 N–H and O–H groups in total. The zero-order valence-electron chi connectivity index (χ0n) is 9.55. The second-order valence-electron chi connectivity index (χ2n) is 4.37. The molecule has 4 heteroatoms. The van der Waals surface area contributed by atoms with Crippen LogP contribution < -0.4 is 4.90 Å². The Balaban J connectivity index is 2.32. The molecule has 1 aromatic heterocycles. The molecule has 0 radical (unpaired) electrons. The minimum absolute atomic E-state index is 0.115. The molecule has 1 aliphatic heterocycles. The van der Waals surface area contributed by atoms with Crippen molar-refractivity contribution in [3.63, 3.8) is 0 Å². The molecule has 4 nitrogen and oxygen atoms in total. The van der Waals surface area contributed by atoms with Crippen molar-refractivity contribution in [2.24, 2.45) is 0 Å². The predicted octanol–water partition coefficient (Wildman–Crippen LogP) is 2.16. The molecule has 1 aromatic rings. The first kappa shape index (κ1) is 10.9. The Kier molecular flexibility index (Phi) is 2.81. The molecule has 2 unspecified atom stereocenters. The Labute approximate surface area is 94.9 Å². The molecule has 16 heavy (non-hydrogen) atoms. The lowest BCUT2D eigenvalue weighted by molar-refractivity contribution is 0.0690. The van der Waals surface area contributed by atoms with Crippen LogP contribution in [0.5, 0.6) is 0 Å². The van der Waals surface area contributed by atoms with Gasteiger partial charge in [0.25, 0.3) is 0 Å². The van der Waals surface area contributed by atoms with Crippen LogP contribution in [0, 0.1) is 0 Å². The maximum absolute atomic E-state index is 10.9. The number of anilines is 1. The molecule has 2 atom stereocenters. The lowest BCUT2D eigenvalue weighted by Gasteiger charge is -2.27. The number of aromatic nitrogens is 1. The number of hydrogen-bond donors (Lipinski definition) is 1. The summed E-state index contributed by atoms with van der Waals surface area (Å²) in [7, 11) is 0. The van der Waals surface area contributed by atoms with Crippen molar-refractivity contribution in [1.29, 1.82) is 0 Å². The van der Waals surface area contributed by atoms with Gasteiger partial charge in [-0.3, -0.25) is 0 Å². The minimum atomic E-state index is -0.971. The molecule has 86 valence electrons. The molecule has 1 fully saturated rings. The summed E-state index contributed by atoms with van der Waals surface area (Å²) in [5.41, 5.74) is 0.115. The molecule has 0 saturated carbocycles. The zero-order valence-corrected chi connectivity index (χ0v) is 9.55. The number of carbonyl (C=O) groups is 1. The van der Waals surface area contributed by atoms with Crippen LogP contribution in [0.3, 0.4) is 0 Å². The van der Waals surface area contributed by atoms with Gasteiger partial charge in [-0.05, 0) is 38.8 Å². The monoisotopic (exact) mass is 220 g/mol. The number of hydrogen-bond acceptors (Lipinski definition) is 3. The Morgan fingerprint density at radius 3 is 2.56 bits per heavy atom. The van der Waals surface area contributed by atoms with Gasteiger partial charge in [-0.25, -0.2) is 9.78 Å². The molecule has 0 aliphatic carbocycles. The third kappa shape index (κ3) is 1.87. The number of carboxylic acids is 1. The summed E-state index contributed by atoms with van der Waals surface area (Å²) in [6, 6.07) is 6.03. The topological polar surface area (TPSA) is 53.4 Å². The third-order valence-electron chi connectivity index (χ3n) is 3.17. The van der Waals surface area contributed by atoms with Gasteiger partial charge < -0.3 is 10.0 Å². The van der Waals surface area contributed by atoms with Crippen molar-refractivity contribution >= 4 is 11.8 Å². The molecule has 2 heterocycles. The van der Waals surface area contributed by atoms with Gasteiger partial charge in [0.15, 0.2) is 5.69 Å². The Morgan fingerprint density at radius 2 is 2.00 bits per heavy atom. The van der Waals surface area contributed by atoms with Crippen molar-refractivity contribution < 1.29 is 9.90 Å². The molecule has 0 spiro atoms. The molecule has 2 rings (SSSR count). The highest BCUT2D eigenvalue weighted by molar-refractivity contribution is 5.85. The highest BCUT2D eigenvalue weighted by Crippen LogP contribution is 2.28. The van der Waals surface area contributed by atoms with E-state index in [1.165, 1.54) is 6.07 Å². The van der Waals surface area contributed by atoms with Crippen LogP contribution in [-0.2, 0) is 0 Å². The van der Waals surface area contributed by atoms with E-state index in [0.29, 0.717) is 12.1 Å². The van der Waals surface area contributed by atoms with E-state index in [1.807, 2.05) is 6.07 Å². The van der Waals surface area contributed by atoms with E-state index < -0.39 is 5.97 Å². The summed E-state index contributed by atoms with van der Waals surface area (Å²) in [6.45, 7) is 4.30. The van der Waals surface area contributed by atoms with Gasteiger partial charge in [0.05, 0.1) is 0 Å². The molecule has 0 aromatic carbocycles. The summed E-state index contributed by atoms with van der Waals surface area (Å²) in [4.78, 5) is 17.2. The van der Waals surface area contributed by atoms with E-state index >= 15 is 0 Å². The summed E-state index contributed by atoms with van der Waals surface area (Å²) in [6.07, 6.45) is 2.28. The lowest BCUT2D eigenvalue weighted by Crippen LogP contribution is -2.33. The normalized spacial score (nSPS) is 24.8. The van der Waals surface area contributed by atoms with E-state index in [1.54, 1.807) is 6.07 Å². The highest BCUT2D eigenvalue weighted by atomic mass is 16.4. The summed E-state index contributed by atoms with van der Waals surface area (Å²) in [5.74, 6) is -0.196. The van der Waals surface area contributed by atoms with E-state index in [2.05, 4.69) is 23.7 Å². The van der Waals surface area contributed by atoms with Gasteiger partial charge in [0.1, 0.15) is 5.82 Å². The van der Waals surface area contributed by atoms with Crippen LogP contribution in [0.25, 0.3) is 0 Å². The van der Waals surface area contributed by atoms with Crippen molar-refractivity contribution in [2.45, 2.75) is 38.8 Å². The molecule has 1 aliphatic rings. The average Bonchev–Trinajstić information content (AvgIpc) is 2.59. The number of carboxylic acid groups (broad SMARTS) is 1. The highest BCUT2D eigenvalue weighted by Gasteiger charge is 2.28. The zero-order chi connectivity index (χ0) is 11.7. The van der Waals surface area contributed by atoms with Crippen molar-refractivity contribution in [2.75, 3.05) is 4.90 Å². The Bertz CT molecular complexity index is 396. The fraction of sp³-hybridized carbons (Fsp3) is 0.500. The average molecular weight is 220 g/mol. The molecule has 0 amide bonds. The van der Waals surface area contributed by atoms with Crippen molar-refractivity contribution in [1.82, 2.24) is 4.98 Å². The first-order chi connectivity index (χ1) is 7.59. The molecule has 0 bridgehead atoms. The number of pyridine rings is 1. The summed E-state index contributed by atoms with van der Waals surface area (Å²) >= 11 is 0. The fourth-order valence-corrected chi connectivity index (χ4v) is 2.33. The van der Waals surface area contributed by atoms with Gasteiger partial charge in [-0.15, -0.1) is 0 Å². The van der Waals surface area contributed by atoms with Crippen LogP contribution in [0.2, 0.25) is 0 Å². The lowest BCUT2D eigenvalue weighted by atomic mass is 10.2. The molecule has 1 saturated heterocycles. The standard InChI is InChI=1S/C12H16N2O2/c1-8-6-7-9(2)14(8)11-5-3-4-10(13-11)12(15)16/h3-5,8-9H,6-7H2,1-2H3,(H,15,16). The first-order valence-electron chi connectivity index (χ1n) is 5.58. The maximum atomic E-state index is 10.9.